The van der Waals surface area contributed by atoms with E-state index >= 15 is 0 Å². The van der Waals surface area contributed by atoms with Crippen LogP contribution in [0.15, 0.2) is 6.20 Å². The van der Waals surface area contributed by atoms with Crippen LogP contribution in [0.25, 0.3) is 0 Å². The van der Waals surface area contributed by atoms with Crippen molar-refractivity contribution in [2.24, 2.45) is 5.73 Å². The van der Waals surface area contributed by atoms with Crippen LogP contribution >= 0.6 is 0 Å². The monoisotopic (exact) mass is 177 g/mol. The number of rotatable bonds is 1. The Bertz CT molecular complexity index is 325. The van der Waals surface area contributed by atoms with Gasteiger partial charge in [0.1, 0.15) is 5.82 Å². The van der Waals surface area contributed by atoms with E-state index in [9.17, 15) is 0 Å². The van der Waals surface area contributed by atoms with Gasteiger partial charge in [0.15, 0.2) is 0 Å². The lowest BCUT2D eigenvalue weighted by Gasteiger charge is -2.19. The Labute approximate surface area is 78.0 Å². The van der Waals surface area contributed by atoms with E-state index in [0.717, 1.165) is 24.7 Å². The average molecular weight is 177 g/mol. The smallest absolute Gasteiger partial charge is 0.125 e. The fourth-order valence-electron chi connectivity index (χ4n) is 2.11. The van der Waals surface area contributed by atoms with Crippen molar-refractivity contribution in [3.8, 4) is 0 Å². The molecule has 0 saturated heterocycles. The Hall–Kier alpha value is -0.830. The summed E-state index contributed by atoms with van der Waals surface area (Å²) in [4.78, 5) is 4.63. The first-order valence-electron chi connectivity index (χ1n) is 5.17. The molecular weight excluding hydrogens is 162 g/mol. The molecule has 0 aromatic carbocycles. The number of hydrogen-bond donors (Lipinski definition) is 1. The minimum atomic E-state index is 0.182. The third-order valence-electron chi connectivity index (χ3n) is 3.07. The molecule has 2 N–H and O–H groups in total. The van der Waals surface area contributed by atoms with Crippen molar-refractivity contribution >= 4 is 0 Å². The van der Waals surface area contributed by atoms with E-state index in [0.29, 0.717) is 0 Å². The van der Waals surface area contributed by atoms with Gasteiger partial charge in [0.25, 0.3) is 0 Å². The molecule has 1 aromatic rings. The van der Waals surface area contributed by atoms with Crippen molar-refractivity contribution in [2.45, 2.75) is 44.2 Å². The zero-order chi connectivity index (χ0) is 8.84. The summed E-state index contributed by atoms with van der Waals surface area (Å²) in [5.41, 5.74) is 7.28. The summed E-state index contributed by atoms with van der Waals surface area (Å²) in [5, 5.41) is 0. The van der Waals surface area contributed by atoms with Crippen molar-refractivity contribution in [3.63, 3.8) is 0 Å². The van der Waals surface area contributed by atoms with Crippen LogP contribution in [0.1, 0.15) is 49.2 Å². The van der Waals surface area contributed by atoms with Gasteiger partial charge in [-0.15, -0.1) is 0 Å². The molecule has 0 radical (unpaired) electrons. The fraction of sp³-hybridized carbons (Fsp3) is 0.700. The number of aromatic nitrogens is 2. The number of nitrogens with two attached hydrogens (primary N) is 1. The maximum atomic E-state index is 6.00. The van der Waals surface area contributed by atoms with Gasteiger partial charge in [0, 0.05) is 18.7 Å². The Morgan fingerprint density at radius 3 is 2.92 bits per heavy atom. The number of imidazole rings is 1. The average Bonchev–Trinajstić information content (AvgIpc) is 2.87. The summed E-state index contributed by atoms with van der Waals surface area (Å²) in [6, 6.07) is 0.182. The van der Waals surface area contributed by atoms with Crippen LogP contribution in [-0.2, 0) is 6.54 Å². The molecule has 1 saturated carbocycles. The molecule has 3 rings (SSSR count). The van der Waals surface area contributed by atoms with Gasteiger partial charge in [0.2, 0.25) is 0 Å². The van der Waals surface area contributed by atoms with Crippen LogP contribution in [0.3, 0.4) is 0 Å². The molecule has 3 nitrogen and oxygen atoms in total. The minimum Gasteiger partial charge on any atom is -0.333 e. The summed E-state index contributed by atoms with van der Waals surface area (Å²) in [6.45, 7) is 1.11. The largest absolute Gasteiger partial charge is 0.333 e. The molecule has 0 spiro atoms. The normalized spacial score (nSPS) is 27.3. The maximum Gasteiger partial charge on any atom is 0.125 e. The highest BCUT2D eigenvalue weighted by Crippen LogP contribution is 2.40. The molecule has 1 atom stereocenters. The summed E-state index contributed by atoms with van der Waals surface area (Å²) in [5.74, 6) is 1.87. The van der Waals surface area contributed by atoms with Gasteiger partial charge in [0.05, 0.1) is 11.7 Å². The predicted octanol–water partition coefficient (Wildman–Crippen LogP) is 1.55. The molecule has 3 heteroatoms. The zero-order valence-corrected chi connectivity index (χ0v) is 7.74. The number of hydrogen-bond acceptors (Lipinski definition) is 2. The highest BCUT2D eigenvalue weighted by molar-refractivity contribution is 5.17. The minimum absolute atomic E-state index is 0.182. The third-order valence-corrected chi connectivity index (χ3v) is 3.07. The molecule has 1 aromatic heterocycles. The lowest BCUT2D eigenvalue weighted by molar-refractivity contribution is 0.451. The van der Waals surface area contributed by atoms with Gasteiger partial charge in [-0.3, -0.25) is 0 Å². The predicted molar refractivity (Wildman–Crippen MR) is 50.4 cm³/mol. The van der Waals surface area contributed by atoms with Crippen LogP contribution in [0.2, 0.25) is 0 Å². The molecule has 2 heterocycles. The van der Waals surface area contributed by atoms with Crippen molar-refractivity contribution in [1.82, 2.24) is 9.55 Å². The Balaban J connectivity index is 1.99. The van der Waals surface area contributed by atoms with Crippen LogP contribution < -0.4 is 5.73 Å². The second-order valence-corrected chi connectivity index (χ2v) is 4.24. The highest BCUT2D eigenvalue weighted by atomic mass is 15.1. The van der Waals surface area contributed by atoms with Gasteiger partial charge in [-0.25, -0.2) is 4.98 Å². The first kappa shape index (κ1) is 7.56. The standard InChI is InChI=1S/C10H15N3/c11-8-2-1-5-13-6-9(7-3-4-7)12-10(8)13/h6-8H,1-5,11H2. The van der Waals surface area contributed by atoms with Crippen molar-refractivity contribution < 1.29 is 0 Å². The van der Waals surface area contributed by atoms with Gasteiger partial charge < -0.3 is 10.3 Å². The van der Waals surface area contributed by atoms with Crippen LogP contribution in [-0.4, -0.2) is 9.55 Å². The van der Waals surface area contributed by atoms with Crippen molar-refractivity contribution in [3.05, 3.63) is 17.7 Å². The SMILES string of the molecule is NC1CCCn2cc(C3CC3)nc21. The van der Waals surface area contributed by atoms with E-state index in [-0.39, 0.29) is 6.04 Å². The maximum absolute atomic E-state index is 6.00. The first-order chi connectivity index (χ1) is 6.34. The summed E-state index contributed by atoms with van der Waals surface area (Å²) in [6.07, 6.45) is 7.17. The van der Waals surface area contributed by atoms with E-state index in [4.69, 9.17) is 5.73 Å². The van der Waals surface area contributed by atoms with Crippen molar-refractivity contribution in [2.75, 3.05) is 0 Å². The third kappa shape index (κ3) is 1.18. The Morgan fingerprint density at radius 1 is 1.38 bits per heavy atom. The Kier molecular flexibility index (Phi) is 1.50. The lowest BCUT2D eigenvalue weighted by Crippen LogP contribution is -2.21. The summed E-state index contributed by atoms with van der Waals surface area (Å²) in [7, 11) is 0. The topological polar surface area (TPSA) is 43.8 Å². The van der Waals surface area contributed by atoms with E-state index in [1.165, 1.54) is 25.0 Å². The second-order valence-electron chi connectivity index (χ2n) is 4.24. The molecule has 2 aliphatic rings. The molecule has 1 unspecified atom stereocenters. The number of fused-ring (bicyclic) bond motifs is 1. The van der Waals surface area contributed by atoms with E-state index in [1.807, 2.05) is 0 Å². The molecule has 0 amide bonds. The highest BCUT2D eigenvalue weighted by Gasteiger charge is 2.29. The van der Waals surface area contributed by atoms with Crippen LogP contribution in [0.5, 0.6) is 0 Å². The van der Waals surface area contributed by atoms with Crippen LogP contribution in [0, 0.1) is 0 Å². The molecule has 0 bridgehead atoms. The number of aryl methyl sites for hydroxylation is 1. The van der Waals surface area contributed by atoms with Gasteiger partial charge in [-0.05, 0) is 25.7 Å². The molecule has 70 valence electrons. The van der Waals surface area contributed by atoms with Gasteiger partial charge in [-0.1, -0.05) is 0 Å². The fourth-order valence-corrected chi connectivity index (χ4v) is 2.11. The molecule has 1 fully saturated rings. The van der Waals surface area contributed by atoms with E-state index in [1.54, 1.807) is 0 Å². The first-order valence-corrected chi connectivity index (χ1v) is 5.17. The quantitative estimate of drug-likeness (QED) is 0.707. The summed E-state index contributed by atoms with van der Waals surface area (Å²) >= 11 is 0. The van der Waals surface area contributed by atoms with Crippen molar-refractivity contribution in [1.29, 1.82) is 0 Å². The molecule has 1 aliphatic heterocycles. The van der Waals surface area contributed by atoms with Gasteiger partial charge in [-0.2, -0.15) is 0 Å². The molecule has 1 aliphatic carbocycles. The molecular formula is C10H15N3. The zero-order valence-electron chi connectivity index (χ0n) is 7.74. The molecule has 13 heavy (non-hydrogen) atoms. The lowest BCUT2D eigenvalue weighted by atomic mass is 10.1. The van der Waals surface area contributed by atoms with E-state index < -0.39 is 0 Å². The van der Waals surface area contributed by atoms with E-state index in [2.05, 4.69) is 15.7 Å². The Morgan fingerprint density at radius 2 is 2.23 bits per heavy atom. The second kappa shape index (κ2) is 2.58. The van der Waals surface area contributed by atoms with Crippen LogP contribution in [0.4, 0.5) is 0 Å². The van der Waals surface area contributed by atoms with Gasteiger partial charge >= 0.3 is 0 Å². The summed E-state index contributed by atoms with van der Waals surface area (Å²) < 4.78 is 2.25. The number of nitrogens with zero attached hydrogens (tertiary/aromatic N) is 2.